The molecular formula is C27H38O2. The molecule has 0 aliphatic rings. The largest absolute Gasteiger partial charge is 0.463 e. The fourth-order valence-electron chi connectivity index (χ4n) is 3.96. The molecule has 2 aromatic rings. The second-order valence-corrected chi connectivity index (χ2v) is 9.51. The van der Waals surface area contributed by atoms with Crippen LogP contribution in [0.5, 0.6) is 5.75 Å². The molecule has 2 aromatic carbocycles. The standard InChI is InChI=1S/C27H38O2/c1-21(2)25(26(3,4)5)23-16-18-24(19-17-23)29-27(6,7)28-20-12-11-15-22-13-9-8-10-14-22/h8-10,13-14,16-19,25H,1,11-12,15,20H2,2-7H3. The highest BCUT2D eigenvalue weighted by Gasteiger charge is 2.27. The maximum absolute atomic E-state index is 6.10. The van der Waals surface area contributed by atoms with Crippen LogP contribution >= 0.6 is 0 Å². The Morgan fingerprint density at radius 3 is 2.07 bits per heavy atom. The highest BCUT2D eigenvalue weighted by atomic mass is 16.7. The molecule has 0 aliphatic heterocycles. The summed E-state index contributed by atoms with van der Waals surface area (Å²) in [6, 6.07) is 19.0. The zero-order chi connectivity index (χ0) is 21.5. The zero-order valence-corrected chi connectivity index (χ0v) is 19.1. The van der Waals surface area contributed by atoms with Crippen LogP contribution in [0.25, 0.3) is 0 Å². The Morgan fingerprint density at radius 2 is 1.52 bits per heavy atom. The second-order valence-electron chi connectivity index (χ2n) is 9.51. The summed E-state index contributed by atoms with van der Waals surface area (Å²) >= 11 is 0. The third-order valence-electron chi connectivity index (χ3n) is 5.09. The van der Waals surface area contributed by atoms with E-state index in [4.69, 9.17) is 9.47 Å². The summed E-state index contributed by atoms with van der Waals surface area (Å²) in [5.74, 6) is 0.509. The highest BCUT2D eigenvalue weighted by molar-refractivity contribution is 5.34. The first-order chi connectivity index (χ1) is 13.6. The van der Waals surface area contributed by atoms with Crippen molar-refractivity contribution in [1.29, 1.82) is 0 Å². The van der Waals surface area contributed by atoms with Crippen molar-refractivity contribution in [3.63, 3.8) is 0 Å². The molecule has 0 bridgehead atoms. The molecule has 0 aromatic heterocycles. The first-order valence-corrected chi connectivity index (χ1v) is 10.7. The Kier molecular flexibility index (Phi) is 8.10. The minimum Gasteiger partial charge on any atom is -0.463 e. The first-order valence-electron chi connectivity index (χ1n) is 10.7. The molecule has 0 amide bonds. The van der Waals surface area contributed by atoms with Crippen LogP contribution in [-0.2, 0) is 11.2 Å². The summed E-state index contributed by atoms with van der Waals surface area (Å²) in [7, 11) is 0. The van der Waals surface area contributed by atoms with E-state index in [9.17, 15) is 0 Å². The molecule has 0 radical (unpaired) electrons. The predicted octanol–water partition coefficient (Wildman–Crippen LogP) is 7.55. The maximum Gasteiger partial charge on any atom is 0.204 e. The van der Waals surface area contributed by atoms with Crippen LogP contribution in [0.2, 0.25) is 0 Å². The smallest absolute Gasteiger partial charge is 0.204 e. The molecule has 158 valence electrons. The first kappa shape index (κ1) is 23.2. The molecule has 1 atom stereocenters. The third-order valence-corrected chi connectivity index (χ3v) is 5.09. The fourth-order valence-corrected chi connectivity index (χ4v) is 3.96. The lowest BCUT2D eigenvalue weighted by molar-refractivity contribution is -0.156. The van der Waals surface area contributed by atoms with Crippen molar-refractivity contribution in [3.8, 4) is 5.75 Å². The van der Waals surface area contributed by atoms with Gasteiger partial charge in [-0.05, 0) is 54.9 Å². The van der Waals surface area contributed by atoms with E-state index in [0.29, 0.717) is 12.5 Å². The average Bonchev–Trinajstić information content (AvgIpc) is 2.62. The van der Waals surface area contributed by atoms with Crippen LogP contribution in [-0.4, -0.2) is 12.4 Å². The normalized spacial score (nSPS) is 13.2. The lowest BCUT2D eigenvalue weighted by Crippen LogP contribution is -2.32. The van der Waals surface area contributed by atoms with E-state index in [0.717, 1.165) is 25.0 Å². The van der Waals surface area contributed by atoms with E-state index in [2.05, 4.69) is 76.7 Å². The SMILES string of the molecule is C=C(C)C(c1ccc(OC(C)(C)OCCCCc2ccccc2)cc1)C(C)(C)C. The number of unbranched alkanes of at least 4 members (excludes halogenated alkanes) is 1. The highest BCUT2D eigenvalue weighted by Crippen LogP contribution is 2.40. The van der Waals surface area contributed by atoms with Gasteiger partial charge in [0.25, 0.3) is 0 Å². The van der Waals surface area contributed by atoms with E-state index >= 15 is 0 Å². The third kappa shape index (κ3) is 7.70. The monoisotopic (exact) mass is 394 g/mol. The lowest BCUT2D eigenvalue weighted by Gasteiger charge is -2.32. The van der Waals surface area contributed by atoms with Gasteiger partial charge in [0.05, 0.1) is 6.61 Å². The number of hydrogen-bond donors (Lipinski definition) is 0. The van der Waals surface area contributed by atoms with E-state index in [1.807, 2.05) is 26.0 Å². The van der Waals surface area contributed by atoms with Crippen LogP contribution < -0.4 is 4.74 Å². The molecule has 29 heavy (non-hydrogen) atoms. The Labute approximate surface area is 178 Å². The minimum atomic E-state index is -0.647. The van der Waals surface area contributed by atoms with Gasteiger partial charge in [-0.15, -0.1) is 0 Å². The molecular weight excluding hydrogens is 356 g/mol. The molecule has 2 rings (SSSR count). The fraction of sp³-hybridized carbons (Fsp3) is 0.481. The zero-order valence-electron chi connectivity index (χ0n) is 19.1. The van der Waals surface area contributed by atoms with Crippen molar-refractivity contribution >= 4 is 0 Å². The summed E-state index contributed by atoms with van der Waals surface area (Å²) < 4.78 is 12.1. The van der Waals surface area contributed by atoms with Gasteiger partial charge in [-0.3, -0.25) is 0 Å². The molecule has 0 saturated carbocycles. The van der Waals surface area contributed by atoms with Crippen molar-refractivity contribution in [2.75, 3.05) is 6.61 Å². The second kappa shape index (κ2) is 10.1. The summed E-state index contributed by atoms with van der Waals surface area (Å²) in [4.78, 5) is 0. The summed E-state index contributed by atoms with van der Waals surface area (Å²) in [6.45, 7) is 17.7. The number of rotatable bonds is 10. The summed E-state index contributed by atoms with van der Waals surface area (Å²) in [5.41, 5.74) is 3.98. The summed E-state index contributed by atoms with van der Waals surface area (Å²) in [6.07, 6.45) is 3.22. The molecule has 0 saturated heterocycles. The van der Waals surface area contributed by atoms with Gasteiger partial charge in [-0.2, -0.15) is 0 Å². The van der Waals surface area contributed by atoms with Gasteiger partial charge in [-0.25, -0.2) is 0 Å². The lowest BCUT2D eigenvalue weighted by atomic mass is 9.73. The van der Waals surface area contributed by atoms with E-state index in [1.165, 1.54) is 16.7 Å². The Balaban J connectivity index is 1.84. The molecule has 2 nitrogen and oxygen atoms in total. The number of ether oxygens (including phenoxy) is 2. The van der Waals surface area contributed by atoms with E-state index in [1.54, 1.807) is 0 Å². The topological polar surface area (TPSA) is 18.5 Å². The summed E-state index contributed by atoms with van der Waals surface area (Å²) in [5, 5.41) is 0. The van der Waals surface area contributed by atoms with Crippen molar-refractivity contribution in [2.45, 2.75) is 72.5 Å². The molecule has 2 heteroatoms. The predicted molar refractivity (Wildman–Crippen MR) is 123 cm³/mol. The van der Waals surface area contributed by atoms with Crippen molar-refractivity contribution in [2.24, 2.45) is 5.41 Å². The Morgan fingerprint density at radius 1 is 0.897 bits per heavy atom. The van der Waals surface area contributed by atoms with Crippen molar-refractivity contribution in [1.82, 2.24) is 0 Å². The van der Waals surface area contributed by atoms with Gasteiger partial charge < -0.3 is 9.47 Å². The maximum atomic E-state index is 6.10. The van der Waals surface area contributed by atoms with Gasteiger partial charge in [-0.1, -0.05) is 75.4 Å². The van der Waals surface area contributed by atoms with Crippen LogP contribution in [0, 0.1) is 5.41 Å². The molecule has 0 aliphatic carbocycles. The number of hydrogen-bond acceptors (Lipinski definition) is 2. The van der Waals surface area contributed by atoms with Gasteiger partial charge in [0, 0.05) is 19.8 Å². The molecule has 0 fully saturated rings. The van der Waals surface area contributed by atoms with Gasteiger partial charge in [0.15, 0.2) is 0 Å². The van der Waals surface area contributed by atoms with Crippen LogP contribution in [0.4, 0.5) is 0 Å². The quantitative estimate of drug-likeness (QED) is 0.235. The Bertz CT molecular complexity index is 751. The van der Waals surface area contributed by atoms with Crippen molar-refractivity contribution < 1.29 is 9.47 Å². The van der Waals surface area contributed by atoms with Gasteiger partial charge in [0.2, 0.25) is 5.79 Å². The van der Waals surface area contributed by atoms with E-state index < -0.39 is 5.79 Å². The van der Waals surface area contributed by atoms with Crippen LogP contribution in [0.15, 0.2) is 66.7 Å². The van der Waals surface area contributed by atoms with E-state index in [-0.39, 0.29) is 5.41 Å². The number of allylic oxidation sites excluding steroid dienone is 1. The van der Waals surface area contributed by atoms with Crippen LogP contribution in [0.3, 0.4) is 0 Å². The average molecular weight is 395 g/mol. The Hall–Kier alpha value is -2.06. The molecule has 0 N–H and O–H groups in total. The molecule has 0 spiro atoms. The van der Waals surface area contributed by atoms with Gasteiger partial charge in [0.1, 0.15) is 5.75 Å². The van der Waals surface area contributed by atoms with Gasteiger partial charge >= 0.3 is 0 Å². The number of benzene rings is 2. The number of aryl methyl sites for hydroxylation is 1. The minimum absolute atomic E-state index is 0.135. The molecule has 1 unspecified atom stereocenters. The molecule has 0 heterocycles. The van der Waals surface area contributed by atoms with Crippen LogP contribution in [0.1, 0.15) is 71.4 Å². The van der Waals surface area contributed by atoms with Crippen molar-refractivity contribution in [3.05, 3.63) is 77.9 Å².